The lowest BCUT2D eigenvalue weighted by molar-refractivity contribution is -0.0544. The van der Waals surface area contributed by atoms with E-state index in [2.05, 4.69) is 13.8 Å². The maximum absolute atomic E-state index is 11.0. The van der Waals surface area contributed by atoms with Gasteiger partial charge in [-0.25, -0.2) is 0 Å². The van der Waals surface area contributed by atoms with E-state index < -0.39 is 20.2 Å². The van der Waals surface area contributed by atoms with E-state index in [0.717, 1.165) is 38.5 Å². The van der Waals surface area contributed by atoms with Crippen LogP contribution in [0, 0.1) is 0 Å². The van der Waals surface area contributed by atoms with Crippen molar-refractivity contribution in [1.82, 2.24) is 0 Å². The lowest BCUT2D eigenvalue weighted by atomic mass is 10.1. The van der Waals surface area contributed by atoms with Gasteiger partial charge in [0.25, 0.3) is 20.2 Å². The number of hydrogen-bond donors (Lipinski definition) is 2. The third-order valence-electron chi connectivity index (χ3n) is 7.54. The summed E-state index contributed by atoms with van der Waals surface area (Å²) in [4.78, 5) is 0. The quantitative estimate of drug-likeness (QED) is 0.0515. The van der Waals surface area contributed by atoms with Crippen molar-refractivity contribution in [2.45, 2.75) is 154 Å². The summed E-state index contributed by atoms with van der Waals surface area (Å²) in [5, 5.41) is 0. The Morgan fingerprint density at radius 3 is 1.09 bits per heavy atom. The van der Waals surface area contributed by atoms with E-state index in [1.165, 1.54) is 77.0 Å². The first-order chi connectivity index (χ1) is 21.1. The van der Waals surface area contributed by atoms with Crippen LogP contribution in [0.25, 0.3) is 0 Å². The fraction of sp³-hybridized carbons (Fsp3) is 1.00. The van der Waals surface area contributed by atoms with Gasteiger partial charge in [0, 0.05) is 13.2 Å². The maximum atomic E-state index is 11.0. The van der Waals surface area contributed by atoms with Crippen LogP contribution in [0.4, 0.5) is 0 Å². The first-order valence-corrected chi connectivity index (χ1v) is 20.6. The molecule has 44 heavy (non-hydrogen) atoms. The van der Waals surface area contributed by atoms with Crippen LogP contribution in [0.3, 0.4) is 0 Å². The number of hydrogen-bond acceptors (Lipinski definition) is 8. The molecule has 10 nitrogen and oxygen atoms in total. The zero-order chi connectivity index (χ0) is 32.8. The summed E-state index contributed by atoms with van der Waals surface area (Å²) in [5.41, 5.74) is 0. The van der Waals surface area contributed by atoms with Crippen LogP contribution < -0.4 is 0 Å². The van der Waals surface area contributed by atoms with Gasteiger partial charge in [0.05, 0.1) is 50.1 Å². The normalized spacial score (nSPS) is 13.8. The highest BCUT2D eigenvalue weighted by Crippen LogP contribution is 2.14. The van der Waals surface area contributed by atoms with Crippen LogP contribution in [0.1, 0.15) is 142 Å². The molecule has 0 radical (unpaired) electrons. The summed E-state index contributed by atoms with van der Waals surface area (Å²) in [6, 6.07) is 0. The molecule has 0 saturated heterocycles. The smallest absolute Gasteiger partial charge is 0.264 e. The minimum atomic E-state index is -3.99. The SMILES string of the molecule is CCCCCCCCCCC(COCCOCC(CCCCCCCCCC)OCCCS(=O)(=O)O)OCCCS(=O)(=O)O. The topological polar surface area (TPSA) is 146 Å². The molecule has 2 atom stereocenters. The summed E-state index contributed by atoms with van der Waals surface area (Å²) in [7, 11) is -7.99. The summed E-state index contributed by atoms with van der Waals surface area (Å²) >= 11 is 0. The Kier molecular flexibility index (Phi) is 29.8. The molecule has 0 rings (SSSR count). The molecule has 2 N–H and O–H groups in total. The van der Waals surface area contributed by atoms with Crippen molar-refractivity contribution in [2.75, 3.05) is 51.1 Å². The lowest BCUT2D eigenvalue weighted by Gasteiger charge is -2.20. The van der Waals surface area contributed by atoms with E-state index in [1.807, 2.05) is 0 Å². The minimum absolute atomic E-state index is 0.141. The number of ether oxygens (including phenoxy) is 4. The molecule has 0 spiro atoms. The van der Waals surface area contributed by atoms with Crippen LogP contribution in [0.5, 0.6) is 0 Å². The average Bonchev–Trinajstić information content (AvgIpc) is 2.95. The number of unbranched alkanes of at least 4 members (excludes halogenated alkanes) is 14. The van der Waals surface area contributed by atoms with Crippen molar-refractivity contribution < 1.29 is 44.9 Å². The Balaban J connectivity index is 4.41. The third-order valence-corrected chi connectivity index (χ3v) is 9.15. The van der Waals surface area contributed by atoms with Crippen molar-refractivity contribution in [3.05, 3.63) is 0 Å². The van der Waals surface area contributed by atoms with Gasteiger partial charge in [-0.2, -0.15) is 16.8 Å². The summed E-state index contributed by atoms with van der Waals surface area (Å²) < 4.78 is 85.4. The molecule has 0 aromatic carbocycles. The second kappa shape index (κ2) is 30.0. The molecule has 0 aromatic heterocycles. The van der Waals surface area contributed by atoms with Gasteiger partial charge < -0.3 is 18.9 Å². The average molecular weight is 675 g/mol. The van der Waals surface area contributed by atoms with Gasteiger partial charge >= 0.3 is 0 Å². The molecule has 266 valence electrons. The van der Waals surface area contributed by atoms with Gasteiger partial charge in [-0.1, -0.05) is 117 Å². The molecule has 0 aliphatic heterocycles. The van der Waals surface area contributed by atoms with E-state index in [1.54, 1.807) is 0 Å². The molecular weight excluding hydrogens is 608 g/mol. The zero-order valence-corrected chi connectivity index (χ0v) is 29.6. The summed E-state index contributed by atoms with van der Waals surface area (Å²) in [6.07, 6.45) is 21.3. The van der Waals surface area contributed by atoms with Crippen molar-refractivity contribution >= 4 is 20.2 Å². The Morgan fingerprint density at radius 1 is 0.455 bits per heavy atom. The Hall–Kier alpha value is -0.340. The Labute approximate surface area is 270 Å². The molecule has 0 aliphatic rings. The van der Waals surface area contributed by atoms with E-state index in [0.29, 0.717) is 26.4 Å². The zero-order valence-electron chi connectivity index (χ0n) is 27.9. The van der Waals surface area contributed by atoms with Gasteiger partial charge in [0.2, 0.25) is 0 Å². The van der Waals surface area contributed by atoms with Crippen LogP contribution in [-0.2, 0) is 39.2 Å². The second-order valence-electron chi connectivity index (χ2n) is 11.9. The van der Waals surface area contributed by atoms with Crippen LogP contribution in [0.15, 0.2) is 0 Å². The highest BCUT2D eigenvalue weighted by atomic mass is 32.2. The molecule has 0 saturated carbocycles. The fourth-order valence-electron chi connectivity index (χ4n) is 4.97. The molecule has 0 amide bonds. The summed E-state index contributed by atoms with van der Waals surface area (Å²) in [6.45, 7) is 6.47. The Bertz CT molecular complexity index is 753. The van der Waals surface area contributed by atoms with Gasteiger partial charge in [-0.05, 0) is 25.7 Å². The molecule has 0 heterocycles. The van der Waals surface area contributed by atoms with Gasteiger partial charge in [-0.3, -0.25) is 9.11 Å². The van der Waals surface area contributed by atoms with Gasteiger partial charge in [-0.15, -0.1) is 0 Å². The molecule has 0 aliphatic carbocycles. The summed E-state index contributed by atoms with van der Waals surface area (Å²) in [5.74, 6) is -0.631. The van der Waals surface area contributed by atoms with Crippen molar-refractivity contribution in [2.24, 2.45) is 0 Å². The van der Waals surface area contributed by atoms with E-state index >= 15 is 0 Å². The van der Waals surface area contributed by atoms with Crippen LogP contribution in [0.2, 0.25) is 0 Å². The largest absolute Gasteiger partial charge is 0.376 e. The van der Waals surface area contributed by atoms with Crippen molar-refractivity contribution in [3.63, 3.8) is 0 Å². The van der Waals surface area contributed by atoms with Gasteiger partial charge in [0.15, 0.2) is 0 Å². The van der Waals surface area contributed by atoms with E-state index in [9.17, 15) is 16.8 Å². The molecule has 0 fully saturated rings. The van der Waals surface area contributed by atoms with E-state index in [-0.39, 0.29) is 49.8 Å². The fourth-order valence-corrected chi connectivity index (χ4v) is 5.94. The predicted molar refractivity (Wildman–Crippen MR) is 178 cm³/mol. The van der Waals surface area contributed by atoms with Crippen LogP contribution in [-0.4, -0.2) is 89.3 Å². The molecule has 0 bridgehead atoms. The van der Waals surface area contributed by atoms with Crippen molar-refractivity contribution in [3.8, 4) is 0 Å². The van der Waals surface area contributed by atoms with Gasteiger partial charge in [0.1, 0.15) is 0 Å². The van der Waals surface area contributed by atoms with Crippen molar-refractivity contribution in [1.29, 1.82) is 0 Å². The maximum Gasteiger partial charge on any atom is 0.264 e. The second-order valence-corrected chi connectivity index (χ2v) is 15.1. The molecule has 12 heteroatoms. The Morgan fingerprint density at radius 2 is 0.773 bits per heavy atom. The van der Waals surface area contributed by atoms with Crippen LogP contribution >= 0.6 is 0 Å². The number of rotatable bonds is 35. The standard InChI is InChI=1S/C32H66O10S2/c1-3-5-7-9-11-13-15-17-21-31(41-23-19-27-43(33,34)35)29-39-25-26-40-30-32(42-24-20-28-44(36,37)38)22-18-16-14-12-10-8-6-4-2/h31-32H,3-30H2,1-2H3,(H,33,34,35)(H,36,37,38). The third kappa shape index (κ3) is 34.5. The molecule has 2 unspecified atom stereocenters. The first-order valence-electron chi connectivity index (χ1n) is 17.4. The minimum Gasteiger partial charge on any atom is -0.376 e. The monoisotopic (exact) mass is 674 g/mol. The molecular formula is C32H66O10S2. The first kappa shape index (κ1) is 43.7. The highest BCUT2D eigenvalue weighted by molar-refractivity contribution is 7.86. The van der Waals surface area contributed by atoms with E-state index in [4.69, 9.17) is 28.1 Å². The molecule has 0 aromatic rings. The highest BCUT2D eigenvalue weighted by Gasteiger charge is 2.13. The predicted octanol–water partition coefficient (Wildman–Crippen LogP) is 7.41. The lowest BCUT2D eigenvalue weighted by Crippen LogP contribution is -2.25.